The second-order valence-electron chi connectivity index (χ2n) is 5.77. The maximum atomic E-state index is 6.18. The molecular weight excluding hydrogens is 391 g/mol. The van der Waals surface area contributed by atoms with E-state index in [1.54, 1.807) is 24.4 Å². The van der Waals surface area contributed by atoms with Crippen molar-refractivity contribution in [2.75, 3.05) is 0 Å². The van der Waals surface area contributed by atoms with Crippen molar-refractivity contribution in [1.29, 1.82) is 0 Å². The Labute approximate surface area is 166 Å². The Morgan fingerprint density at radius 1 is 1.23 bits per heavy atom. The van der Waals surface area contributed by atoms with E-state index in [4.69, 9.17) is 40.2 Å². The van der Waals surface area contributed by atoms with E-state index in [-0.39, 0.29) is 6.10 Å². The van der Waals surface area contributed by atoms with Crippen molar-refractivity contribution in [2.45, 2.75) is 20.0 Å². The standard InChI is InChI=1S/C18H16Cl2N4OS/c1-11(2)25-15-5-3-4-12(8-15)17-22-23-18(26)24(17)21-10-13-6-7-14(19)9-16(13)20/h3-11H,1-2H3,(H,23,26). The summed E-state index contributed by atoms with van der Waals surface area (Å²) in [5.41, 5.74) is 1.55. The minimum absolute atomic E-state index is 0.0798. The topological polar surface area (TPSA) is 55.2 Å². The Balaban J connectivity index is 1.97. The zero-order valence-corrected chi connectivity index (χ0v) is 16.4. The van der Waals surface area contributed by atoms with Gasteiger partial charge in [0.05, 0.1) is 17.3 Å². The van der Waals surface area contributed by atoms with E-state index in [2.05, 4.69) is 15.3 Å². The molecule has 0 atom stereocenters. The fourth-order valence-corrected chi connectivity index (χ4v) is 2.93. The van der Waals surface area contributed by atoms with Crippen LogP contribution >= 0.6 is 35.4 Å². The second kappa shape index (κ2) is 8.03. The molecule has 0 aliphatic carbocycles. The van der Waals surface area contributed by atoms with Crippen molar-refractivity contribution in [3.63, 3.8) is 0 Å². The molecule has 3 aromatic rings. The zero-order valence-electron chi connectivity index (χ0n) is 14.1. The molecule has 1 heterocycles. The first kappa shape index (κ1) is 18.6. The molecule has 0 amide bonds. The lowest BCUT2D eigenvalue weighted by atomic mass is 10.2. The van der Waals surface area contributed by atoms with E-state index in [1.165, 1.54) is 4.68 Å². The van der Waals surface area contributed by atoms with Gasteiger partial charge in [0.15, 0.2) is 5.82 Å². The van der Waals surface area contributed by atoms with Gasteiger partial charge in [-0.1, -0.05) is 41.4 Å². The zero-order chi connectivity index (χ0) is 18.7. The fourth-order valence-electron chi connectivity index (χ4n) is 2.29. The lowest BCUT2D eigenvalue weighted by molar-refractivity contribution is 0.242. The molecule has 0 saturated heterocycles. The van der Waals surface area contributed by atoms with Crippen LogP contribution in [0.4, 0.5) is 0 Å². The Hall–Kier alpha value is -2.15. The Morgan fingerprint density at radius 3 is 2.77 bits per heavy atom. The summed E-state index contributed by atoms with van der Waals surface area (Å²) in [6, 6.07) is 12.8. The van der Waals surface area contributed by atoms with Gasteiger partial charge in [-0.3, -0.25) is 0 Å². The van der Waals surface area contributed by atoms with Crippen molar-refractivity contribution in [2.24, 2.45) is 5.10 Å². The number of nitrogens with zero attached hydrogens (tertiary/aromatic N) is 3. The summed E-state index contributed by atoms with van der Waals surface area (Å²) in [4.78, 5) is 0. The normalized spacial score (nSPS) is 11.4. The number of ether oxygens (including phenoxy) is 1. The van der Waals surface area contributed by atoms with Gasteiger partial charge < -0.3 is 4.74 Å². The van der Waals surface area contributed by atoms with Crippen molar-refractivity contribution in [3.05, 3.63) is 62.8 Å². The summed E-state index contributed by atoms with van der Waals surface area (Å²) in [5.74, 6) is 1.33. The summed E-state index contributed by atoms with van der Waals surface area (Å²) >= 11 is 17.4. The van der Waals surface area contributed by atoms with Gasteiger partial charge in [0.2, 0.25) is 4.77 Å². The van der Waals surface area contributed by atoms with Crippen LogP contribution in [0.25, 0.3) is 11.4 Å². The molecule has 26 heavy (non-hydrogen) atoms. The summed E-state index contributed by atoms with van der Waals surface area (Å²) in [6.07, 6.45) is 1.69. The van der Waals surface area contributed by atoms with Crippen LogP contribution in [0.1, 0.15) is 19.4 Å². The van der Waals surface area contributed by atoms with Crippen LogP contribution in [0.3, 0.4) is 0 Å². The number of benzene rings is 2. The van der Waals surface area contributed by atoms with E-state index in [0.29, 0.717) is 20.6 Å². The number of rotatable bonds is 5. The van der Waals surface area contributed by atoms with Crippen LogP contribution in [-0.4, -0.2) is 27.2 Å². The molecular formula is C18H16Cl2N4OS. The maximum absolute atomic E-state index is 6.18. The molecule has 0 saturated carbocycles. The largest absolute Gasteiger partial charge is 0.491 e. The smallest absolute Gasteiger partial charge is 0.216 e. The third-order valence-electron chi connectivity index (χ3n) is 3.39. The fraction of sp³-hybridized carbons (Fsp3) is 0.167. The highest BCUT2D eigenvalue weighted by Crippen LogP contribution is 2.24. The molecule has 0 spiro atoms. The van der Waals surface area contributed by atoms with Gasteiger partial charge in [-0.15, -0.1) is 0 Å². The highest BCUT2D eigenvalue weighted by Gasteiger charge is 2.10. The van der Waals surface area contributed by atoms with Crippen molar-refractivity contribution in [3.8, 4) is 17.1 Å². The third-order valence-corrected chi connectivity index (χ3v) is 4.22. The van der Waals surface area contributed by atoms with Crippen LogP contribution in [0.2, 0.25) is 10.0 Å². The first-order valence-corrected chi connectivity index (χ1v) is 9.04. The van der Waals surface area contributed by atoms with E-state index in [9.17, 15) is 0 Å². The van der Waals surface area contributed by atoms with E-state index >= 15 is 0 Å². The predicted octanol–water partition coefficient (Wildman–Crippen LogP) is 5.58. The minimum atomic E-state index is 0.0798. The number of aromatic nitrogens is 3. The lowest BCUT2D eigenvalue weighted by Crippen LogP contribution is -2.05. The van der Waals surface area contributed by atoms with Crippen LogP contribution in [0, 0.1) is 4.77 Å². The summed E-state index contributed by atoms with van der Waals surface area (Å²) in [6.45, 7) is 3.95. The maximum Gasteiger partial charge on any atom is 0.216 e. The molecule has 0 radical (unpaired) electrons. The molecule has 5 nitrogen and oxygen atoms in total. The molecule has 0 bridgehead atoms. The number of hydrogen-bond donors (Lipinski definition) is 1. The number of aromatic amines is 1. The average molecular weight is 407 g/mol. The highest BCUT2D eigenvalue weighted by molar-refractivity contribution is 7.71. The van der Waals surface area contributed by atoms with Gasteiger partial charge in [0.25, 0.3) is 0 Å². The monoisotopic (exact) mass is 406 g/mol. The molecule has 8 heteroatoms. The van der Waals surface area contributed by atoms with Gasteiger partial charge in [-0.25, -0.2) is 5.10 Å². The average Bonchev–Trinajstić information content (AvgIpc) is 2.94. The van der Waals surface area contributed by atoms with Gasteiger partial charge in [-0.2, -0.15) is 14.9 Å². The van der Waals surface area contributed by atoms with E-state index in [0.717, 1.165) is 16.9 Å². The highest BCUT2D eigenvalue weighted by atomic mass is 35.5. The Morgan fingerprint density at radius 2 is 2.04 bits per heavy atom. The number of hydrogen-bond acceptors (Lipinski definition) is 4. The summed E-state index contributed by atoms with van der Waals surface area (Å²) < 4.78 is 7.65. The quantitative estimate of drug-likeness (QED) is 0.444. The molecule has 1 aromatic heterocycles. The molecule has 0 unspecified atom stereocenters. The number of nitrogens with one attached hydrogen (secondary N) is 1. The van der Waals surface area contributed by atoms with E-state index in [1.807, 2.05) is 38.1 Å². The molecule has 0 aliphatic rings. The first-order valence-electron chi connectivity index (χ1n) is 7.88. The Kier molecular flexibility index (Phi) is 5.76. The van der Waals surface area contributed by atoms with Crippen molar-refractivity contribution >= 4 is 41.6 Å². The van der Waals surface area contributed by atoms with Crippen LogP contribution in [0.5, 0.6) is 5.75 Å². The molecule has 3 rings (SSSR count). The van der Waals surface area contributed by atoms with E-state index < -0.39 is 0 Å². The predicted molar refractivity (Wildman–Crippen MR) is 108 cm³/mol. The molecule has 2 aromatic carbocycles. The van der Waals surface area contributed by atoms with Crippen LogP contribution < -0.4 is 4.74 Å². The lowest BCUT2D eigenvalue weighted by Gasteiger charge is -2.10. The van der Waals surface area contributed by atoms with Crippen LogP contribution in [-0.2, 0) is 0 Å². The molecule has 134 valence electrons. The first-order chi connectivity index (χ1) is 12.4. The van der Waals surface area contributed by atoms with Gasteiger partial charge in [0, 0.05) is 16.1 Å². The Bertz CT molecular complexity index is 1010. The molecule has 1 N–H and O–H groups in total. The molecule has 0 aliphatic heterocycles. The second-order valence-corrected chi connectivity index (χ2v) is 7.00. The third kappa shape index (κ3) is 4.33. The van der Waals surface area contributed by atoms with Crippen molar-refractivity contribution < 1.29 is 4.74 Å². The summed E-state index contributed by atoms with van der Waals surface area (Å²) in [5, 5.41) is 12.5. The van der Waals surface area contributed by atoms with Gasteiger partial charge in [0.1, 0.15) is 5.75 Å². The SMILES string of the molecule is CC(C)Oc1cccc(-c2n[nH]c(=S)n2N=Cc2ccc(Cl)cc2Cl)c1. The van der Waals surface area contributed by atoms with Gasteiger partial charge >= 0.3 is 0 Å². The van der Waals surface area contributed by atoms with Crippen LogP contribution in [0.15, 0.2) is 47.6 Å². The van der Waals surface area contributed by atoms with Crippen molar-refractivity contribution in [1.82, 2.24) is 14.9 Å². The van der Waals surface area contributed by atoms with Gasteiger partial charge in [-0.05, 0) is 50.3 Å². The minimum Gasteiger partial charge on any atom is -0.491 e. The molecule has 0 fully saturated rings. The number of H-pyrrole nitrogens is 1. The number of halogens is 2. The summed E-state index contributed by atoms with van der Waals surface area (Å²) in [7, 11) is 0.